The van der Waals surface area contributed by atoms with E-state index >= 15 is 0 Å². The maximum Gasteiger partial charge on any atom is 0.324 e. The number of nitrogens with zero attached hydrogens (tertiary/aromatic N) is 2. The van der Waals surface area contributed by atoms with Crippen LogP contribution in [0.15, 0.2) is 24.5 Å². The van der Waals surface area contributed by atoms with E-state index in [2.05, 4.69) is 15.2 Å². The Labute approximate surface area is 107 Å². The molecule has 18 heavy (non-hydrogen) atoms. The molecule has 2 heterocycles. The lowest BCUT2D eigenvalue weighted by Crippen LogP contribution is -2.57. The Morgan fingerprint density at radius 2 is 2.28 bits per heavy atom. The zero-order valence-electron chi connectivity index (χ0n) is 10.6. The van der Waals surface area contributed by atoms with E-state index < -0.39 is 11.5 Å². The van der Waals surface area contributed by atoms with Gasteiger partial charge in [-0.25, -0.2) is 0 Å². The van der Waals surface area contributed by atoms with Crippen LogP contribution in [0.4, 0.5) is 0 Å². The van der Waals surface area contributed by atoms with Crippen LogP contribution in [0.3, 0.4) is 0 Å². The zero-order valence-corrected chi connectivity index (χ0v) is 10.6. The number of likely N-dealkylation sites (tertiary alicyclic amines) is 1. The summed E-state index contributed by atoms with van der Waals surface area (Å²) in [5.41, 5.74) is 0.222. The molecule has 0 radical (unpaired) electrons. The standard InChI is InChI=1S/C13H19N3O2/c1-16-7-4-13(5-8-16,12(17)18)15-10-11-3-2-6-14-9-11/h2-3,6,9,15H,4-5,7-8,10H2,1H3,(H,17,18). The molecule has 0 atom stereocenters. The molecule has 98 valence electrons. The molecule has 0 bridgehead atoms. The molecular weight excluding hydrogens is 230 g/mol. The van der Waals surface area contributed by atoms with E-state index in [1.165, 1.54) is 0 Å². The number of piperidine rings is 1. The Hall–Kier alpha value is -1.46. The highest BCUT2D eigenvalue weighted by atomic mass is 16.4. The molecule has 1 aliphatic rings. The molecule has 1 fully saturated rings. The lowest BCUT2D eigenvalue weighted by Gasteiger charge is -2.38. The number of pyridine rings is 1. The summed E-state index contributed by atoms with van der Waals surface area (Å²) in [6, 6.07) is 3.81. The predicted molar refractivity (Wildman–Crippen MR) is 68.2 cm³/mol. The van der Waals surface area contributed by atoms with Gasteiger partial charge in [-0.05, 0) is 31.5 Å². The van der Waals surface area contributed by atoms with Crippen molar-refractivity contribution < 1.29 is 9.90 Å². The number of hydrogen-bond acceptors (Lipinski definition) is 4. The monoisotopic (exact) mass is 249 g/mol. The summed E-state index contributed by atoms with van der Waals surface area (Å²) in [4.78, 5) is 17.7. The smallest absolute Gasteiger partial charge is 0.324 e. The first-order valence-electron chi connectivity index (χ1n) is 6.18. The molecular formula is C13H19N3O2. The van der Waals surface area contributed by atoms with Crippen LogP contribution in [-0.2, 0) is 11.3 Å². The molecule has 0 saturated carbocycles. The van der Waals surface area contributed by atoms with Gasteiger partial charge in [0.25, 0.3) is 0 Å². The van der Waals surface area contributed by atoms with Crippen LogP contribution in [0, 0.1) is 0 Å². The molecule has 0 aromatic carbocycles. The van der Waals surface area contributed by atoms with Gasteiger partial charge in [-0.3, -0.25) is 15.1 Å². The molecule has 5 nitrogen and oxygen atoms in total. The van der Waals surface area contributed by atoms with Gasteiger partial charge in [0.1, 0.15) is 5.54 Å². The van der Waals surface area contributed by atoms with Crippen molar-refractivity contribution >= 4 is 5.97 Å². The van der Waals surface area contributed by atoms with Gasteiger partial charge in [-0.2, -0.15) is 0 Å². The Bertz CT molecular complexity index is 400. The highest BCUT2D eigenvalue weighted by Crippen LogP contribution is 2.22. The number of nitrogens with one attached hydrogen (secondary N) is 1. The van der Waals surface area contributed by atoms with Crippen molar-refractivity contribution in [3.63, 3.8) is 0 Å². The fourth-order valence-electron chi connectivity index (χ4n) is 2.24. The number of aliphatic carboxylic acids is 1. The highest BCUT2D eigenvalue weighted by Gasteiger charge is 2.40. The topological polar surface area (TPSA) is 65.5 Å². The van der Waals surface area contributed by atoms with Gasteiger partial charge in [0.2, 0.25) is 0 Å². The second kappa shape index (κ2) is 5.46. The van der Waals surface area contributed by atoms with Gasteiger partial charge in [-0.15, -0.1) is 0 Å². The number of carboxylic acids is 1. The van der Waals surface area contributed by atoms with Crippen molar-refractivity contribution in [2.45, 2.75) is 24.9 Å². The summed E-state index contributed by atoms with van der Waals surface area (Å²) in [5, 5.41) is 12.7. The largest absolute Gasteiger partial charge is 0.480 e. The maximum absolute atomic E-state index is 11.5. The van der Waals surface area contributed by atoms with E-state index in [1.54, 1.807) is 12.4 Å². The van der Waals surface area contributed by atoms with Crippen LogP contribution in [0.25, 0.3) is 0 Å². The fraction of sp³-hybridized carbons (Fsp3) is 0.538. The van der Waals surface area contributed by atoms with Gasteiger partial charge in [0.05, 0.1) is 0 Å². The van der Waals surface area contributed by atoms with E-state index in [-0.39, 0.29) is 0 Å². The van der Waals surface area contributed by atoms with Crippen LogP contribution in [0.1, 0.15) is 18.4 Å². The van der Waals surface area contributed by atoms with Gasteiger partial charge in [0, 0.05) is 32.0 Å². The summed E-state index contributed by atoms with van der Waals surface area (Å²) < 4.78 is 0. The third-order valence-electron chi connectivity index (χ3n) is 3.60. The number of hydrogen-bond donors (Lipinski definition) is 2. The van der Waals surface area contributed by atoms with Crippen LogP contribution < -0.4 is 5.32 Å². The summed E-state index contributed by atoms with van der Waals surface area (Å²) in [7, 11) is 2.02. The summed E-state index contributed by atoms with van der Waals surface area (Å²) in [6.45, 7) is 2.17. The van der Waals surface area contributed by atoms with Crippen LogP contribution >= 0.6 is 0 Å². The highest BCUT2D eigenvalue weighted by molar-refractivity contribution is 5.79. The van der Waals surface area contributed by atoms with Crippen LogP contribution in [0.5, 0.6) is 0 Å². The molecule has 1 saturated heterocycles. The van der Waals surface area contributed by atoms with Gasteiger partial charge < -0.3 is 10.0 Å². The van der Waals surface area contributed by atoms with Crippen molar-refractivity contribution in [3.05, 3.63) is 30.1 Å². The quantitative estimate of drug-likeness (QED) is 0.823. The molecule has 0 amide bonds. The minimum absolute atomic E-state index is 0.545. The third kappa shape index (κ3) is 2.86. The fourth-order valence-corrected chi connectivity index (χ4v) is 2.24. The Morgan fingerprint density at radius 3 is 2.83 bits per heavy atom. The van der Waals surface area contributed by atoms with Gasteiger partial charge >= 0.3 is 5.97 Å². The summed E-state index contributed by atoms with van der Waals surface area (Å²) in [5.74, 6) is -0.750. The molecule has 0 aliphatic carbocycles. The van der Waals surface area contributed by atoms with Crippen molar-refractivity contribution in [1.82, 2.24) is 15.2 Å². The molecule has 1 aliphatic heterocycles. The minimum Gasteiger partial charge on any atom is -0.480 e. The molecule has 2 rings (SSSR count). The van der Waals surface area contributed by atoms with Gasteiger partial charge in [-0.1, -0.05) is 6.07 Å². The third-order valence-corrected chi connectivity index (χ3v) is 3.60. The molecule has 0 unspecified atom stereocenters. The van der Waals surface area contributed by atoms with Gasteiger partial charge in [0.15, 0.2) is 0 Å². The number of carboxylic acid groups (broad SMARTS) is 1. The molecule has 2 N–H and O–H groups in total. The number of aromatic nitrogens is 1. The van der Waals surface area contributed by atoms with Crippen molar-refractivity contribution in [2.24, 2.45) is 0 Å². The molecule has 0 spiro atoms. The second-order valence-electron chi connectivity index (χ2n) is 4.91. The van der Waals surface area contributed by atoms with E-state index in [9.17, 15) is 9.90 Å². The second-order valence-corrected chi connectivity index (χ2v) is 4.91. The normalized spacial score (nSPS) is 19.6. The SMILES string of the molecule is CN1CCC(NCc2cccnc2)(C(=O)O)CC1. The molecule has 5 heteroatoms. The lowest BCUT2D eigenvalue weighted by atomic mass is 9.87. The summed E-state index contributed by atoms with van der Waals surface area (Å²) in [6.07, 6.45) is 4.75. The maximum atomic E-state index is 11.5. The van der Waals surface area contributed by atoms with E-state index in [0.717, 1.165) is 18.7 Å². The van der Waals surface area contributed by atoms with Crippen molar-refractivity contribution in [1.29, 1.82) is 0 Å². The Kier molecular flexibility index (Phi) is 3.93. The van der Waals surface area contributed by atoms with E-state index in [1.807, 2.05) is 19.2 Å². The van der Waals surface area contributed by atoms with Crippen molar-refractivity contribution in [3.8, 4) is 0 Å². The molecule has 1 aromatic heterocycles. The predicted octanol–water partition coefficient (Wildman–Crippen LogP) is 0.720. The number of carbonyl (C=O) groups is 1. The number of rotatable bonds is 4. The van der Waals surface area contributed by atoms with Crippen LogP contribution in [-0.4, -0.2) is 46.6 Å². The first-order chi connectivity index (χ1) is 8.62. The zero-order chi connectivity index (χ0) is 13.0. The lowest BCUT2D eigenvalue weighted by molar-refractivity contribution is -0.147. The average molecular weight is 249 g/mol. The van der Waals surface area contributed by atoms with E-state index in [4.69, 9.17) is 0 Å². The first-order valence-corrected chi connectivity index (χ1v) is 6.18. The average Bonchev–Trinajstić information content (AvgIpc) is 2.39. The molecule has 1 aromatic rings. The first kappa shape index (κ1) is 13.0. The van der Waals surface area contributed by atoms with E-state index in [0.29, 0.717) is 19.4 Å². The van der Waals surface area contributed by atoms with Crippen LogP contribution in [0.2, 0.25) is 0 Å². The minimum atomic E-state index is -0.789. The summed E-state index contributed by atoms with van der Waals surface area (Å²) >= 11 is 0. The Morgan fingerprint density at radius 1 is 1.56 bits per heavy atom. The Balaban J connectivity index is 2.01. The van der Waals surface area contributed by atoms with Crippen molar-refractivity contribution in [2.75, 3.05) is 20.1 Å².